The number of piperidine rings is 1. The lowest BCUT2D eigenvalue weighted by Crippen LogP contribution is -2.42. The first-order chi connectivity index (χ1) is 12.7. The number of ether oxygens (including phenoxy) is 2. The van der Waals surface area contributed by atoms with Gasteiger partial charge in [-0.25, -0.2) is 0 Å². The molecule has 1 aromatic carbocycles. The molecule has 0 radical (unpaired) electrons. The first kappa shape index (κ1) is 18.0. The van der Waals surface area contributed by atoms with Gasteiger partial charge in [0.05, 0.1) is 18.6 Å². The highest BCUT2D eigenvalue weighted by atomic mass is 16.5. The van der Waals surface area contributed by atoms with E-state index in [1.54, 1.807) is 11.8 Å². The minimum Gasteiger partial charge on any atom is -0.471 e. The van der Waals surface area contributed by atoms with Gasteiger partial charge in [-0.3, -0.25) is 9.59 Å². The van der Waals surface area contributed by atoms with Gasteiger partial charge in [0.15, 0.2) is 0 Å². The Morgan fingerprint density at radius 1 is 1.31 bits per heavy atom. The third-order valence-corrected chi connectivity index (χ3v) is 4.26. The number of benzene rings is 1. The molecule has 0 spiro atoms. The third-order valence-electron chi connectivity index (χ3n) is 4.26. The van der Waals surface area contributed by atoms with E-state index >= 15 is 0 Å². The van der Waals surface area contributed by atoms with Gasteiger partial charge in [-0.2, -0.15) is 0 Å². The van der Waals surface area contributed by atoms with Gasteiger partial charge >= 0.3 is 5.97 Å². The number of carbonyl (C=O) groups excluding carboxylic acids is 2. The molecule has 1 aliphatic rings. The standard InChI is InChI=1S/C19H22N2O5/c1-2-24-19(23)15-9-6-10-21(12-15)18(22)16-11-17(20-26-16)25-13-14-7-4-3-5-8-14/h3-5,7-8,11,15H,2,6,9-10,12-13H2,1H3. The molecule has 138 valence electrons. The molecule has 1 amide bonds. The van der Waals surface area contributed by atoms with Crippen molar-refractivity contribution >= 4 is 11.9 Å². The van der Waals surface area contributed by atoms with Crippen LogP contribution in [0.1, 0.15) is 35.9 Å². The summed E-state index contributed by atoms with van der Waals surface area (Å²) in [6, 6.07) is 11.1. The molecule has 1 unspecified atom stereocenters. The van der Waals surface area contributed by atoms with Crippen LogP contribution in [0.5, 0.6) is 5.88 Å². The van der Waals surface area contributed by atoms with Crippen molar-refractivity contribution in [3.63, 3.8) is 0 Å². The van der Waals surface area contributed by atoms with Gasteiger partial charge in [-0.05, 0) is 30.5 Å². The second-order valence-electron chi connectivity index (χ2n) is 6.15. The van der Waals surface area contributed by atoms with Crippen molar-refractivity contribution in [2.75, 3.05) is 19.7 Å². The number of hydrogen-bond donors (Lipinski definition) is 0. The number of nitrogens with zero attached hydrogens (tertiary/aromatic N) is 2. The SMILES string of the molecule is CCOC(=O)C1CCCN(C(=O)c2cc(OCc3ccccc3)no2)C1. The molecule has 3 rings (SSSR count). The van der Waals surface area contributed by atoms with Gasteiger partial charge in [0.25, 0.3) is 11.8 Å². The predicted octanol–water partition coefficient (Wildman–Crippen LogP) is 2.67. The molecular formula is C19H22N2O5. The van der Waals surface area contributed by atoms with Gasteiger partial charge in [-0.1, -0.05) is 30.3 Å². The van der Waals surface area contributed by atoms with E-state index in [4.69, 9.17) is 14.0 Å². The van der Waals surface area contributed by atoms with E-state index in [2.05, 4.69) is 5.16 Å². The second kappa shape index (κ2) is 8.51. The largest absolute Gasteiger partial charge is 0.471 e. The maximum Gasteiger partial charge on any atom is 0.310 e. The third kappa shape index (κ3) is 4.41. The Morgan fingerprint density at radius 3 is 2.88 bits per heavy atom. The van der Waals surface area contributed by atoms with Crippen molar-refractivity contribution in [3.8, 4) is 5.88 Å². The Bertz CT molecular complexity index is 743. The molecule has 0 bridgehead atoms. The second-order valence-corrected chi connectivity index (χ2v) is 6.15. The molecule has 0 N–H and O–H groups in total. The molecule has 7 heteroatoms. The number of esters is 1. The average Bonchev–Trinajstić information content (AvgIpc) is 3.16. The minimum absolute atomic E-state index is 0.109. The van der Waals surface area contributed by atoms with Crippen molar-refractivity contribution in [3.05, 3.63) is 47.7 Å². The highest BCUT2D eigenvalue weighted by Gasteiger charge is 2.31. The van der Waals surface area contributed by atoms with E-state index < -0.39 is 0 Å². The van der Waals surface area contributed by atoms with Crippen LogP contribution < -0.4 is 4.74 Å². The molecular weight excluding hydrogens is 336 g/mol. The summed E-state index contributed by atoms with van der Waals surface area (Å²) in [6.07, 6.45) is 1.48. The summed E-state index contributed by atoms with van der Waals surface area (Å²) in [5, 5.41) is 3.79. The number of rotatable bonds is 6. The molecule has 1 aromatic heterocycles. The maximum atomic E-state index is 12.6. The fourth-order valence-electron chi connectivity index (χ4n) is 2.93. The van der Waals surface area contributed by atoms with E-state index in [1.165, 1.54) is 6.07 Å². The molecule has 1 saturated heterocycles. The van der Waals surface area contributed by atoms with Crippen molar-refractivity contribution in [2.24, 2.45) is 5.92 Å². The molecule has 0 saturated carbocycles. The van der Waals surface area contributed by atoms with E-state index in [0.717, 1.165) is 18.4 Å². The van der Waals surface area contributed by atoms with Crippen molar-refractivity contribution in [1.29, 1.82) is 0 Å². The number of hydrogen-bond acceptors (Lipinski definition) is 6. The fourth-order valence-corrected chi connectivity index (χ4v) is 2.93. The van der Waals surface area contributed by atoms with Crippen molar-refractivity contribution in [2.45, 2.75) is 26.4 Å². The molecule has 1 atom stereocenters. The molecule has 0 aliphatic carbocycles. The Morgan fingerprint density at radius 2 is 2.12 bits per heavy atom. The minimum atomic E-state index is -0.291. The quantitative estimate of drug-likeness (QED) is 0.739. The molecule has 1 aliphatic heterocycles. The van der Waals surface area contributed by atoms with Gasteiger partial charge in [0, 0.05) is 13.1 Å². The number of aromatic nitrogens is 1. The lowest BCUT2D eigenvalue weighted by atomic mass is 9.98. The van der Waals surface area contributed by atoms with Crippen LogP contribution in [-0.2, 0) is 16.1 Å². The normalized spacial score (nSPS) is 17.0. The highest BCUT2D eigenvalue weighted by molar-refractivity contribution is 5.92. The summed E-state index contributed by atoms with van der Waals surface area (Å²) in [6.45, 7) is 3.37. The van der Waals surface area contributed by atoms with Gasteiger partial charge in [0.2, 0.25) is 5.76 Å². The Kier molecular flexibility index (Phi) is 5.88. The topological polar surface area (TPSA) is 81.9 Å². The van der Waals surface area contributed by atoms with E-state index in [9.17, 15) is 9.59 Å². The summed E-state index contributed by atoms with van der Waals surface area (Å²) in [4.78, 5) is 26.1. The van der Waals surface area contributed by atoms with E-state index in [0.29, 0.717) is 26.3 Å². The number of carbonyl (C=O) groups is 2. The van der Waals surface area contributed by atoms with Crippen LogP contribution in [0.25, 0.3) is 0 Å². The zero-order valence-corrected chi connectivity index (χ0v) is 14.7. The monoisotopic (exact) mass is 358 g/mol. The summed E-state index contributed by atoms with van der Waals surface area (Å²) < 4.78 is 15.7. The first-order valence-corrected chi connectivity index (χ1v) is 8.76. The lowest BCUT2D eigenvalue weighted by Gasteiger charge is -2.30. The Labute approximate surface area is 151 Å². The molecule has 26 heavy (non-hydrogen) atoms. The van der Waals surface area contributed by atoms with Crippen LogP contribution in [0.2, 0.25) is 0 Å². The number of amides is 1. The summed E-state index contributed by atoms with van der Waals surface area (Å²) >= 11 is 0. The zero-order valence-electron chi connectivity index (χ0n) is 14.7. The predicted molar refractivity (Wildman–Crippen MR) is 92.5 cm³/mol. The van der Waals surface area contributed by atoms with Crippen LogP contribution in [0.3, 0.4) is 0 Å². The van der Waals surface area contributed by atoms with Crippen LogP contribution in [0.15, 0.2) is 40.9 Å². The smallest absolute Gasteiger partial charge is 0.310 e. The van der Waals surface area contributed by atoms with E-state index in [-0.39, 0.29) is 29.4 Å². The molecule has 7 nitrogen and oxygen atoms in total. The Hall–Kier alpha value is -2.83. The van der Waals surface area contributed by atoms with Crippen LogP contribution >= 0.6 is 0 Å². The molecule has 2 heterocycles. The van der Waals surface area contributed by atoms with E-state index in [1.807, 2.05) is 30.3 Å². The fraction of sp³-hybridized carbons (Fsp3) is 0.421. The van der Waals surface area contributed by atoms with Crippen LogP contribution in [-0.4, -0.2) is 41.6 Å². The Balaban J connectivity index is 1.58. The maximum absolute atomic E-state index is 12.6. The van der Waals surface area contributed by atoms with Gasteiger partial charge in [-0.15, -0.1) is 0 Å². The lowest BCUT2D eigenvalue weighted by molar-refractivity contribution is -0.149. The molecule has 1 fully saturated rings. The molecule has 2 aromatic rings. The summed E-state index contributed by atoms with van der Waals surface area (Å²) in [7, 11) is 0. The summed E-state index contributed by atoms with van der Waals surface area (Å²) in [5.74, 6) is -0.464. The zero-order chi connectivity index (χ0) is 18.4. The van der Waals surface area contributed by atoms with Gasteiger partial charge < -0.3 is 18.9 Å². The van der Waals surface area contributed by atoms with Gasteiger partial charge in [0.1, 0.15) is 6.61 Å². The van der Waals surface area contributed by atoms with Crippen molar-refractivity contribution in [1.82, 2.24) is 10.1 Å². The van der Waals surface area contributed by atoms with Crippen LogP contribution in [0, 0.1) is 5.92 Å². The average molecular weight is 358 g/mol. The van der Waals surface area contributed by atoms with Crippen molar-refractivity contribution < 1.29 is 23.6 Å². The highest BCUT2D eigenvalue weighted by Crippen LogP contribution is 2.21. The first-order valence-electron chi connectivity index (χ1n) is 8.76. The summed E-state index contributed by atoms with van der Waals surface area (Å²) in [5.41, 5.74) is 0.997. The van der Waals surface area contributed by atoms with Crippen LogP contribution in [0.4, 0.5) is 0 Å². The number of likely N-dealkylation sites (tertiary alicyclic amines) is 1.